The summed E-state index contributed by atoms with van der Waals surface area (Å²) in [5, 5.41) is 10.1. The standard InChI is InChI=1S/C19H21BFN3O2.C13H9BrFN3.C12H24B2O4/c1-12-7-6-8-17(23-12)24-16-10-14(15(21)9-13(16)11-22-24)20-25-18(2,3)19(4,5)26-20;1-8-3-2-4-13(17-8)18-12-6-10(14)11(15)5-9(12)7-16-18;1-9(2)10(3,4)16-13(15-9)14-17-11(5,6)12(7,8)18-14/h6-11H,1-5H3;2-7H,1H3;1-8H3. The minimum absolute atomic E-state index is 0.292. The zero-order valence-electron chi connectivity index (χ0n) is 37.9. The molecule has 0 unspecified atom stereocenters. The van der Waals surface area contributed by atoms with Gasteiger partial charge in [0.05, 0.1) is 61.5 Å². The molecule has 3 saturated heterocycles. The van der Waals surface area contributed by atoms with Crippen LogP contribution >= 0.6 is 15.9 Å². The zero-order chi connectivity index (χ0) is 45.4. The molecule has 18 heteroatoms. The van der Waals surface area contributed by atoms with Crippen LogP contribution in [0, 0.1) is 25.5 Å². The third-order valence-electron chi connectivity index (χ3n) is 12.8. The molecule has 0 spiro atoms. The number of nitrogens with zero attached hydrogens (tertiary/aromatic N) is 6. The maximum atomic E-state index is 14.7. The Balaban J connectivity index is 0.000000144. The van der Waals surface area contributed by atoms with Crippen LogP contribution in [0.5, 0.6) is 0 Å². The third-order valence-corrected chi connectivity index (χ3v) is 13.4. The highest BCUT2D eigenvalue weighted by molar-refractivity contribution is 9.10. The van der Waals surface area contributed by atoms with Gasteiger partial charge in [-0.05, 0) is 161 Å². The molecule has 0 N–H and O–H groups in total. The summed E-state index contributed by atoms with van der Waals surface area (Å²) in [7, 11) is -1.72. The van der Waals surface area contributed by atoms with Crippen molar-refractivity contribution in [3.8, 4) is 11.6 Å². The second-order valence-corrected chi connectivity index (χ2v) is 19.8. The van der Waals surface area contributed by atoms with Crippen molar-refractivity contribution in [2.45, 2.75) is 131 Å². The molecule has 0 aliphatic carbocycles. The van der Waals surface area contributed by atoms with Crippen LogP contribution in [0.3, 0.4) is 0 Å². The van der Waals surface area contributed by atoms with Crippen molar-refractivity contribution in [3.63, 3.8) is 0 Å². The van der Waals surface area contributed by atoms with Crippen LogP contribution in [0.1, 0.15) is 94.5 Å². The van der Waals surface area contributed by atoms with E-state index in [-0.39, 0.29) is 34.0 Å². The fourth-order valence-electron chi connectivity index (χ4n) is 6.89. The highest BCUT2D eigenvalue weighted by Crippen LogP contribution is 2.43. The van der Waals surface area contributed by atoms with E-state index >= 15 is 0 Å². The highest BCUT2D eigenvalue weighted by Gasteiger charge is 2.63. The van der Waals surface area contributed by atoms with Crippen LogP contribution in [-0.2, 0) is 27.9 Å². The number of benzene rings is 2. The monoisotopic (exact) mass is 912 g/mol. The molecule has 0 saturated carbocycles. The molecule has 3 aliphatic heterocycles. The van der Waals surface area contributed by atoms with Crippen LogP contribution in [0.4, 0.5) is 8.78 Å². The molecule has 0 amide bonds. The largest absolute Gasteiger partial charge is 0.497 e. The molecule has 7 heterocycles. The Kier molecular flexibility index (Phi) is 12.0. The van der Waals surface area contributed by atoms with Gasteiger partial charge in [-0.1, -0.05) is 12.1 Å². The number of aryl methyl sites for hydroxylation is 2. The second-order valence-electron chi connectivity index (χ2n) is 19.0. The summed E-state index contributed by atoms with van der Waals surface area (Å²) in [5.41, 5.74) is 1.25. The van der Waals surface area contributed by atoms with Crippen molar-refractivity contribution >= 4 is 64.3 Å². The zero-order valence-corrected chi connectivity index (χ0v) is 39.5. The van der Waals surface area contributed by atoms with Gasteiger partial charge in [0, 0.05) is 27.6 Å². The summed E-state index contributed by atoms with van der Waals surface area (Å²) in [6, 6.07) is 17.8. The average molecular weight is 913 g/mol. The Morgan fingerprint density at radius 2 is 0.887 bits per heavy atom. The second kappa shape index (κ2) is 16.2. The van der Waals surface area contributed by atoms with E-state index in [1.54, 1.807) is 33.9 Å². The number of rotatable bonds is 4. The van der Waals surface area contributed by atoms with E-state index in [4.69, 9.17) is 27.9 Å². The third kappa shape index (κ3) is 8.76. The minimum atomic E-state index is -0.766. The maximum absolute atomic E-state index is 14.7. The van der Waals surface area contributed by atoms with Crippen LogP contribution < -0.4 is 5.46 Å². The molecule has 6 aromatic rings. The van der Waals surface area contributed by atoms with Gasteiger partial charge in [-0.3, -0.25) is 0 Å². The first-order chi connectivity index (χ1) is 28.7. The molecule has 4 aromatic heterocycles. The van der Waals surface area contributed by atoms with Crippen LogP contribution in [0.2, 0.25) is 0 Å². The van der Waals surface area contributed by atoms with Gasteiger partial charge in [0.25, 0.3) is 0 Å². The SMILES string of the molecule is CC1(C)OB(B2OC(C)(C)C(C)(C)O2)OC1(C)C.Cc1cccc(-n2ncc3cc(F)c(B4OC(C)(C)C(C)(C)O4)cc32)n1.Cc1cccc(-n2ncc3cc(F)c(Br)cc32)n1. The van der Waals surface area contributed by atoms with Gasteiger partial charge >= 0.3 is 21.1 Å². The summed E-state index contributed by atoms with van der Waals surface area (Å²) in [6.07, 6.45) is 3.27. The summed E-state index contributed by atoms with van der Waals surface area (Å²) >= 11 is 3.19. The normalized spacial score (nSPS) is 20.3. The number of hydrogen-bond donors (Lipinski definition) is 0. The van der Waals surface area contributed by atoms with Gasteiger partial charge in [0.2, 0.25) is 0 Å². The Labute approximate surface area is 371 Å². The Hall–Kier alpha value is -4.03. The first-order valence-electron chi connectivity index (χ1n) is 20.7. The van der Waals surface area contributed by atoms with Gasteiger partial charge in [-0.2, -0.15) is 10.2 Å². The van der Waals surface area contributed by atoms with E-state index in [1.807, 2.05) is 133 Å². The lowest BCUT2D eigenvalue weighted by atomic mass is 9.49. The molecular weight excluding hydrogens is 859 g/mol. The van der Waals surface area contributed by atoms with Crippen molar-refractivity contribution in [2.75, 3.05) is 0 Å². The van der Waals surface area contributed by atoms with Crippen molar-refractivity contribution in [3.05, 3.63) is 101 Å². The molecule has 2 aromatic carbocycles. The highest BCUT2D eigenvalue weighted by atomic mass is 79.9. The van der Waals surface area contributed by atoms with Crippen LogP contribution in [0.25, 0.3) is 33.4 Å². The van der Waals surface area contributed by atoms with E-state index in [2.05, 4.69) is 36.1 Å². The fourth-order valence-corrected chi connectivity index (χ4v) is 7.22. The van der Waals surface area contributed by atoms with Gasteiger partial charge in [-0.15, -0.1) is 0 Å². The Bertz CT molecular complexity index is 2550. The summed E-state index contributed by atoms with van der Waals surface area (Å²) in [6.45, 7) is 27.8. The molecular formula is C44H54B3BrF2N6O6. The molecule has 0 atom stereocenters. The van der Waals surface area contributed by atoms with Crippen LogP contribution in [-0.4, -0.2) is 84.3 Å². The van der Waals surface area contributed by atoms with E-state index in [0.717, 1.165) is 33.6 Å². The van der Waals surface area contributed by atoms with Crippen molar-refractivity contribution in [1.82, 2.24) is 29.5 Å². The quantitative estimate of drug-likeness (QED) is 0.159. The van der Waals surface area contributed by atoms with Gasteiger partial charge in [0.1, 0.15) is 11.6 Å². The van der Waals surface area contributed by atoms with Gasteiger partial charge in [0.15, 0.2) is 11.6 Å². The average Bonchev–Trinajstić information content (AvgIpc) is 3.91. The lowest BCUT2D eigenvalue weighted by Gasteiger charge is -2.32. The molecule has 3 fully saturated rings. The first-order valence-corrected chi connectivity index (χ1v) is 21.5. The maximum Gasteiger partial charge on any atom is 0.497 e. The van der Waals surface area contributed by atoms with Crippen molar-refractivity contribution in [1.29, 1.82) is 0 Å². The van der Waals surface area contributed by atoms with E-state index < -0.39 is 32.3 Å². The molecule has 62 heavy (non-hydrogen) atoms. The summed E-state index contributed by atoms with van der Waals surface area (Å²) < 4.78 is 67.9. The number of hydrogen-bond acceptors (Lipinski definition) is 10. The molecule has 0 bridgehead atoms. The predicted molar refractivity (Wildman–Crippen MR) is 243 cm³/mol. The topological polar surface area (TPSA) is 117 Å². The Morgan fingerprint density at radius 1 is 0.516 bits per heavy atom. The summed E-state index contributed by atoms with van der Waals surface area (Å²) in [5.74, 6) is 0.752. The van der Waals surface area contributed by atoms with Crippen LogP contribution in [0.15, 0.2) is 77.5 Å². The minimum Gasteiger partial charge on any atom is -0.405 e. The fraction of sp³-hybridized carbons (Fsp3) is 0.455. The molecule has 3 aliphatic rings. The number of pyridine rings is 2. The number of fused-ring (bicyclic) bond motifs is 2. The predicted octanol–water partition coefficient (Wildman–Crippen LogP) is 9.05. The van der Waals surface area contributed by atoms with E-state index in [9.17, 15) is 8.78 Å². The lowest BCUT2D eigenvalue weighted by Crippen LogP contribution is -2.41. The summed E-state index contributed by atoms with van der Waals surface area (Å²) in [4.78, 5) is 8.92. The van der Waals surface area contributed by atoms with E-state index in [0.29, 0.717) is 21.1 Å². The number of aromatic nitrogens is 6. The Morgan fingerprint density at radius 3 is 1.29 bits per heavy atom. The first kappa shape index (κ1) is 46.0. The smallest absolute Gasteiger partial charge is 0.405 e. The molecule has 9 rings (SSSR count). The van der Waals surface area contributed by atoms with Gasteiger partial charge < -0.3 is 27.9 Å². The molecule has 326 valence electrons. The lowest BCUT2D eigenvalue weighted by molar-refractivity contribution is 0.00578. The van der Waals surface area contributed by atoms with Crippen molar-refractivity contribution < 1.29 is 36.7 Å². The molecule has 0 radical (unpaired) electrons. The van der Waals surface area contributed by atoms with E-state index in [1.165, 1.54) is 12.1 Å². The molecule has 12 nitrogen and oxygen atoms in total. The van der Waals surface area contributed by atoms with Gasteiger partial charge in [-0.25, -0.2) is 28.1 Å². The van der Waals surface area contributed by atoms with Crippen molar-refractivity contribution in [2.24, 2.45) is 0 Å². The number of halogens is 3.